The molecule has 0 atom stereocenters. The molecule has 0 N–H and O–H groups in total. The van der Waals surface area contributed by atoms with Crippen LogP contribution in [0.3, 0.4) is 0 Å². The Labute approximate surface area is 170 Å². The van der Waals surface area contributed by atoms with Gasteiger partial charge >= 0.3 is 0 Å². The predicted molar refractivity (Wildman–Crippen MR) is 119 cm³/mol. The molecule has 0 unspecified atom stereocenters. The second-order valence-corrected chi connectivity index (χ2v) is 8.50. The monoisotopic (exact) mass is 374 g/mol. The third kappa shape index (κ3) is 6.10. The van der Waals surface area contributed by atoms with E-state index in [9.17, 15) is 0 Å². The van der Waals surface area contributed by atoms with E-state index in [1.807, 2.05) is 0 Å². The van der Waals surface area contributed by atoms with Crippen LogP contribution in [0, 0.1) is 19.8 Å². The second-order valence-electron chi connectivity index (χ2n) is 8.50. The molecule has 1 aromatic heterocycles. The molecule has 0 radical (unpaired) electrons. The number of hydrogen-bond donors (Lipinski definition) is 0. The van der Waals surface area contributed by atoms with Gasteiger partial charge in [0, 0.05) is 31.5 Å². The molecule has 0 amide bonds. The average Bonchev–Trinajstić information content (AvgIpc) is 3.06. The maximum atomic E-state index is 2.59. The van der Waals surface area contributed by atoms with E-state index < -0.39 is 0 Å². The highest BCUT2D eigenvalue weighted by Crippen LogP contribution is 2.16. The highest BCUT2D eigenvalue weighted by atomic mass is 15.1. The first-order valence-corrected chi connectivity index (χ1v) is 10.5. The normalized spacial score (nSPS) is 11.5. The molecule has 0 saturated heterocycles. The van der Waals surface area contributed by atoms with Gasteiger partial charge in [0.1, 0.15) is 0 Å². The van der Waals surface area contributed by atoms with Crippen LogP contribution in [0.5, 0.6) is 0 Å². The molecule has 1 heterocycles. The maximum Gasteiger partial charge on any atom is 0.0473 e. The minimum absolute atomic E-state index is 0.721. The van der Waals surface area contributed by atoms with E-state index in [1.165, 1.54) is 34.4 Å². The van der Waals surface area contributed by atoms with Gasteiger partial charge in [0.25, 0.3) is 0 Å². The molecule has 0 fully saturated rings. The van der Waals surface area contributed by atoms with Crippen molar-refractivity contribution in [2.24, 2.45) is 5.92 Å². The van der Waals surface area contributed by atoms with Gasteiger partial charge in [0.05, 0.1) is 0 Å². The van der Waals surface area contributed by atoms with Crippen molar-refractivity contribution in [3.05, 3.63) is 94.8 Å². The average molecular weight is 375 g/mol. The molecule has 3 aromatic rings. The molecule has 2 nitrogen and oxygen atoms in total. The van der Waals surface area contributed by atoms with Crippen molar-refractivity contribution in [2.45, 2.75) is 53.8 Å². The Morgan fingerprint density at radius 2 is 1.50 bits per heavy atom. The van der Waals surface area contributed by atoms with Gasteiger partial charge < -0.3 is 4.57 Å². The number of benzene rings is 2. The van der Waals surface area contributed by atoms with Crippen molar-refractivity contribution >= 4 is 0 Å². The van der Waals surface area contributed by atoms with E-state index >= 15 is 0 Å². The highest BCUT2D eigenvalue weighted by molar-refractivity contribution is 5.24. The van der Waals surface area contributed by atoms with Crippen LogP contribution in [0.15, 0.2) is 66.9 Å². The zero-order valence-corrected chi connectivity index (χ0v) is 17.9. The lowest BCUT2D eigenvalue weighted by Crippen LogP contribution is -2.26. The topological polar surface area (TPSA) is 8.17 Å². The van der Waals surface area contributed by atoms with E-state index in [2.05, 4.69) is 104 Å². The lowest BCUT2D eigenvalue weighted by molar-refractivity contribution is 0.235. The lowest BCUT2D eigenvalue weighted by Gasteiger charge is -2.24. The summed E-state index contributed by atoms with van der Waals surface area (Å²) in [5, 5.41) is 0. The number of aryl methyl sites for hydroxylation is 2. The summed E-state index contributed by atoms with van der Waals surface area (Å²) in [7, 11) is 0. The van der Waals surface area contributed by atoms with Crippen LogP contribution in [-0.4, -0.2) is 16.0 Å². The Morgan fingerprint density at radius 3 is 2.18 bits per heavy atom. The Bertz CT molecular complexity index is 875. The summed E-state index contributed by atoms with van der Waals surface area (Å²) in [6, 6.07) is 22.2. The fraction of sp³-hybridized carbons (Fsp3) is 0.385. The maximum absolute atomic E-state index is 2.59. The van der Waals surface area contributed by atoms with Gasteiger partial charge in [0.2, 0.25) is 0 Å². The molecule has 148 valence electrons. The van der Waals surface area contributed by atoms with E-state index in [1.54, 1.807) is 0 Å². The van der Waals surface area contributed by atoms with Crippen LogP contribution in [0.1, 0.15) is 48.2 Å². The fourth-order valence-electron chi connectivity index (χ4n) is 3.71. The van der Waals surface area contributed by atoms with Crippen LogP contribution in [0.2, 0.25) is 0 Å². The number of nitrogens with zero attached hydrogens (tertiary/aromatic N) is 2. The van der Waals surface area contributed by atoms with Crippen LogP contribution in [0.25, 0.3) is 0 Å². The van der Waals surface area contributed by atoms with Crippen molar-refractivity contribution < 1.29 is 0 Å². The summed E-state index contributed by atoms with van der Waals surface area (Å²) in [5.41, 5.74) is 6.82. The molecule has 2 heteroatoms. The summed E-state index contributed by atoms with van der Waals surface area (Å²) in [6.07, 6.45) is 3.44. The van der Waals surface area contributed by atoms with Crippen LogP contribution in [-0.2, 0) is 19.6 Å². The van der Waals surface area contributed by atoms with Gasteiger partial charge in [-0.05, 0) is 56.0 Å². The summed E-state index contributed by atoms with van der Waals surface area (Å²) < 4.78 is 2.40. The predicted octanol–water partition coefficient (Wildman–Crippen LogP) is 6.20. The Kier molecular flexibility index (Phi) is 7.11. The zero-order valence-electron chi connectivity index (χ0n) is 17.9. The van der Waals surface area contributed by atoms with E-state index in [0.29, 0.717) is 0 Å². The molecule has 0 aliphatic carbocycles. The van der Waals surface area contributed by atoms with Crippen LogP contribution < -0.4 is 0 Å². The zero-order chi connectivity index (χ0) is 19.9. The lowest BCUT2D eigenvalue weighted by atomic mass is 10.1. The van der Waals surface area contributed by atoms with Gasteiger partial charge in [-0.25, -0.2) is 0 Å². The quantitative estimate of drug-likeness (QED) is 0.433. The summed E-state index contributed by atoms with van der Waals surface area (Å²) in [6.45, 7) is 13.0. The summed E-state index contributed by atoms with van der Waals surface area (Å²) in [5.74, 6) is 0.721. The first-order valence-electron chi connectivity index (χ1n) is 10.5. The molecule has 0 saturated carbocycles. The Balaban J connectivity index is 1.74. The third-order valence-electron chi connectivity index (χ3n) is 5.26. The standard InChI is InChI=1S/C26H34N2/c1-21(2)13-15-27(18-24-10-5-8-22(3)16-24)20-26-12-7-14-28(26)19-25-11-6-9-23(4)17-25/h5-12,14,16-17,21H,13,15,18-20H2,1-4H3. The van der Waals surface area contributed by atoms with Crippen molar-refractivity contribution in [2.75, 3.05) is 6.54 Å². The largest absolute Gasteiger partial charge is 0.346 e. The van der Waals surface area contributed by atoms with Crippen molar-refractivity contribution in [1.82, 2.24) is 9.47 Å². The molecular weight excluding hydrogens is 340 g/mol. The van der Waals surface area contributed by atoms with Crippen molar-refractivity contribution in [1.29, 1.82) is 0 Å². The Morgan fingerprint density at radius 1 is 0.821 bits per heavy atom. The number of rotatable bonds is 9. The Hall–Kier alpha value is -2.32. The minimum atomic E-state index is 0.721. The van der Waals surface area contributed by atoms with Gasteiger partial charge in [0.15, 0.2) is 0 Å². The SMILES string of the molecule is Cc1cccc(CN(CCC(C)C)Cc2cccn2Cc2cccc(C)c2)c1. The summed E-state index contributed by atoms with van der Waals surface area (Å²) >= 11 is 0. The molecule has 0 aliphatic rings. The van der Waals surface area contributed by atoms with E-state index in [-0.39, 0.29) is 0 Å². The molecular formula is C26H34N2. The van der Waals surface area contributed by atoms with E-state index in [4.69, 9.17) is 0 Å². The van der Waals surface area contributed by atoms with Gasteiger partial charge in [-0.15, -0.1) is 0 Å². The smallest absolute Gasteiger partial charge is 0.0473 e. The molecule has 0 aliphatic heterocycles. The van der Waals surface area contributed by atoms with Crippen molar-refractivity contribution in [3.8, 4) is 0 Å². The fourth-order valence-corrected chi connectivity index (χ4v) is 3.71. The first kappa shape index (κ1) is 20.4. The highest BCUT2D eigenvalue weighted by Gasteiger charge is 2.11. The molecule has 0 bridgehead atoms. The second kappa shape index (κ2) is 9.75. The van der Waals surface area contributed by atoms with Gasteiger partial charge in [-0.2, -0.15) is 0 Å². The van der Waals surface area contributed by atoms with Gasteiger partial charge in [-0.1, -0.05) is 73.5 Å². The van der Waals surface area contributed by atoms with E-state index in [0.717, 1.165) is 32.1 Å². The molecule has 0 spiro atoms. The third-order valence-corrected chi connectivity index (χ3v) is 5.26. The van der Waals surface area contributed by atoms with Crippen LogP contribution in [0.4, 0.5) is 0 Å². The van der Waals surface area contributed by atoms with Crippen LogP contribution >= 0.6 is 0 Å². The van der Waals surface area contributed by atoms with Crippen molar-refractivity contribution in [3.63, 3.8) is 0 Å². The first-order chi connectivity index (χ1) is 13.5. The van der Waals surface area contributed by atoms with Gasteiger partial charge in [-0.3, -0.25) is 4.90 Å². The molecule has 2 aromatic carbocycles. The summed E-state index contributed by atoms with van der Waals surface area (Å²) in [4.78, 5) is 2.59. The molecule has 28 heavy (non-hydrogen) atoms. The molecule has 3 rings (SSSR count). The number of hydrogen-bond acceptors (Lipinski definition) is 1. The number of aromatic nitrogens is 1. The minimum Gasteiger partial charge on any atom is -0.346 e.